The van der Waals surface area contributed by atoms with Gasteiger partial charge in [0.2, 0.25) is 0 Å². The Morgan fingerprint density at radius 3 is 1.25 bits per heavy atom. The average molecular weight is 604 g/mol. The van der Waals surface area contributed by atoms with Gasteiger partial charge in [0.1, 0.15) is 29.9 Å². The molecule has 0 spiro atoms. The Kier molecular flexibility index (Phi) is 9.14. The Bertz CT molecular complexity index is 1760. The van der Waals surface area contributed by atoms with Crippen molar-refractivity contribution in [2.75, 3.05) is 0 Å². The number of hydrogen-bond donors (Lipinski definition) is 2. The van der Waals surface area contributed by atoms with Crippen LogP contribution in [0.15, 0.2) is 119 Å². The van der Waals surface area contributed by atoms with E-state index < -0.39 is 0 Å². The molecule has 0 aliphatic carbocycles. The van der Waals surface area contributed by atoms with Crippen LogP contribution in [0.1, 0.15) is 22.3 Å². The Labute approximate surface area is 249 Å². The summed E-state index contributed by atoms with van der Waals surface area (Å²) in [6.45, 7) is 0.777. The van der Waals surface area contributed by atoms with Gasteiger partial charge < -0.3 is 10.2 Å². The highest BCUT2D eigenvalue weighted by Crippen LogP contribution is 2.21. The molecular weight excluding hydrogens is 579 g/mol. The number of aliphatic hydroxyl groups is 2. The quantitative estimate of drug-likeness (QED) is 0.226. The van der Waals surface area contributed by atoms with Crippen molar-refractivity contribution in [2.45, 2.75) is 13.1 Å². The van der Waals surface area contributed by atoms with Gasteiger partial charge in [0, 0.05) is 11.1 Å². The molecule has 4 nitrogen and oxygen atoms in total. The zero-order valence-corrected chi connectivity index (χ0v) is 24.3. The van der Waals surface area contributed by atoms with E-state index in [0.717, 1.165) is 11.1 Å². The lowest BCUT2D eigenvalue weighted by Crippen LogP contribution is -2.36. The van der Waals surface area contributed by atoms with Crippen LogP contribution in [0.2, 0.25) is 10.0 Å². The minimum absolute atomic E-state index is 0.00129. The Hall–Kier alpha value is -3.68. The third-order valence-electron chi connectivity index (χ3n) is 5.97. The summed E-state index contributed by atoms with van der Waals surface area (Å²) < 4.78 is 2.10. The number of nitrogens with zero attached hydrogens (tertiary/aromatic N) is 2. The van der Waals surface area contributed by atoms with Crippen LogP contribution in [0.3, 0.4) is 0 Å². The highest BCUT2D eigenvalue weighted by atomic mass is 35.5. The van der Waals surface area contributed by atoms with Gasteiger partial charge in [-0.3, -0.25) is 9.98 Å². The first-order chi connectivity index (χ1) is 19.5. The van der Waals surface area contributed by atoms with Crippen molar-refractivity contribution in [2.24, 2.45) is 9.98 Å². The van der Waals surface area contributed by atoms with Gasteiger partial charge in [0.25, 0.3) is 0 Å². The average Bonchev–Trinajstić information content (AvgIpc) is 3.00. The summed E-state index contributed by atoms with van der Waals surface area (Å²) in [4.78, 5) is 9.75. The second-order valence-corrected chi connectivity index (χ2v) is 11.5. The molecule has 1 heterocycles. The van der Waals surface area contributed by atoms with Gasteiger partial charge in [-0.15, -0.1) is 22.7 Å². The van der Waals surface area contributed by atoms with Crippen LogP contribution in [-0.4, -0.2) is 10.2 Å². The summed E-state index contributed by atoms with van der Waals surface area (Å²) in [6, 6.07) is 33.9. The van der Waals surface area contributed by atoms with E-state index in [-0.39, 0.29) is 11.5 Å². The maximum absolute atomic E-state index is 11.5. The monoisotopic (exact) mass is 602 g/mol. The van der Waals surface area contributed by atoms with Crippen LogP contribution in [-0.2, 0) is 13.1 Å². The molecule has 0 aliphatic rings. The van der Waals surface area contributed by atoms with Crippen molar-refractivity contribution in [3.8, 4) is 0 Å². The number of hydrogen-bond acceptors (Lipinski definition) is 6. The predicted molar refractivity (Wildman–Crippen MR) is 166 cm³/mol. The van der Waals surface area contributed by atoms with E-state index in [4.69, 9.17) is 33.2 Å². The second-order valence-electron chi connectivity index (χ2n) is 8.73. The lowest BCUT2D eigenvalue weighted by molar-refractivity contribution is 0.507. The first-order valence-corrected chi connectivity index (χ1v) is 14.8. The first kappa shape index (κ1) is 27.9. The van der Waals surface area contributed by atoms with E-state index in [0.29, 0.717) is 52.7 Å². The fourth-order valence-corrected chi connectivity index (χ4v) is 6.62. The molecule has 0 saturated heterocycles. The molecule has 4 aromatic carbocycles. The van der Waals surface area contributed by atoms with E-state index in [2.05, 4.69) is 0 Å². The van der Waals surface area contributed by atoms with Crippen molar-refractivity contribution < 1.29 is 10.2 Å². The van der Waals surface area contributed by atoms with Gasteiger partial charge in [0.05, 0.1) is 23.1 Å². The fourth-order valence-electron chi connectivity index (χ4n) is 3.92. The van der Waals surface area contributed by atoms with Crippen LogP contribution in [0.5, 0.6) is 0 Å². The molecule has 5 aromatic rings. The molecule has 40 heavy (non-hydrogen) atoms. The molecule has 1 aromatic heterocycles. The lowest BCUT2D eigenvalue weighted by Gasteiger charge is -2.06. The summed E-state index contributed by atoms with van der Waals surface area (Å²) in [5.74, 6) is -0.00258. The molecule has 0 bridgehead atoms. The van der Waals surface area contributed by atoms with Crippen LogP contribution in [0, 0.1) is 0 Å². The van der Waals surface area contributed by atoms with Crippen LogP contribution < -0.4 is 18.4 Å². The fraction of sp³-hybridized carbons (Fsp3) is 0.0625. The zero-order chi connectivity index (χ0) is 27.9. The summed E-state index contributed by atoms with van der Waals surface area (Å²) in [6.07, 6.45) is 0. The molecule has 0 unspecified atom stereocenters. The standard InChI is InChI=1S/C32H24Cl2N2O2S2/c33-25-17-9-7-15-23(25)27(37)29-31(35-19-21-11-3-1-4-12-21)39-30(28(38)24-16-8-10-18-26(24)34)32(40-29)36-20-22-13-5-2-6-14-22/h1-18,37-38H,19-20H2/b29-27-,30-28+,35-31?,36-32?. The smallest absolute Gasteiger partial charge is 0.144 e. The highest BCUT2D eigenvalue weighted by molar-refractivity contribution is 7.14. The molecule has 0 radical (unpaired) electrons. The Morgan fingerprint density at radius 1 is 0.525 bits per heavy atom. The number of halogens is 2. The van der Waals surface area contributed by atoms with Gasteiger partial charge in [0.15, 0.2) is 0 Å². The minimum Gasteiger partial charge on any atom is -0.506 e. The van der Waals surface area contributed by atoms with Crippen LogP contribution >= 0.6 is 45.9 Å². The number of benzene rings is 4. The molecule has 0 saturated carbocycles. The molecule has 5 rings (SSSR count). The third-order valence-corrected chi connectivity index (χ3v) is 9.12. The minimum atomic E-state index is -0.00129. The summed E-state index contributed by atoms with van der Waals surface area (Å²) in [7, 11) is 0. The molecule has 0 amide bonds. The largest absolute Gasteiger partial charge is 0.506 e. The zero-order valence-electron chi connectivity index (χ0n) is 21.2. The molecule has 8 heteroatoms. The molecule has 0 atom stereocenters. The SMILES string of the molecule is O/C(c1ccccc1Cl)=c1\sc(=NCc2ccccc2)/c(=C(\O)c2ccccc2Cl)sc1=NCc1ccccc1. The van der Waals surface area contributed by atoms with Crippen molar-refractivity contribution in [1.82, 2.24) is 0 Å². The molecule has 0 fully saturated rings. The van der Waals surface area contributed by atoms with Gasteiger partial charge in [-0.2, -0.15) is 0 Å². The predicted octanol–water partition coefficient (Wildman–Crippen LogP) is 6.75. The van der Waals surface area contributed by atoms with Crippen molar-refractivity contribution in [1.29, 1.82) is 0 Å². The van der Waals surface area contributed by atoms with Gasteiger partial charge in [-0.05, 0) is 35.4 Å². The van der Waals surface area contributed by atoms with Crippen LogP contribution in [0.4, 0.5) is 0 Å². The molecule has 0 aliphatic heterocycles. The maximum atomic E-state index is 11.5. The highest BCUT2D eigenvalue weighted by Gasteiger charge is 2.12. The normalized spacial score (nSPS) is 13.8. The van der Waals surface area contributed by atoms with E-state index in [1.807, 2.05) is 84.9 Å². The van der Waals surface area contributed by atoms with E-state index in [9.17, 15) is 10.2 Å². The molecular formula is C32H24Cl2N2O2S2. The van der Waals surface area contributed by atoms with E-state index in [1.54, 1.807) is 24.3 Å². The summed E-state index contributed by atoms with van der Waals surface area (Å²) >= 11 is 15.4. The van der Waals surface area contributed by atoms with E-state index in [1.165, 1.54) is 22.7 Å². The topological polar surface area (TPSA) is 65.2 Å². The summed E-state index contributed by atoms with van der Waals surface area (Å²) in [5.41, 5.74) is 3.01. The number of rotatable bonds is 6. The van der Waals surface area contributed by atoms with Gasteiger partial charge >= 0.3 is 0 Å². The Morgan fingerprint density at radius 2 is 0.875 bits per heavy atom. The number of aliphatic hydroxyl groups excluding tert-OH is 2. The lowest BCUT2D eigenvalue weighted by atomic mass is 10.2. The second kappa shape index (κ2) is 13.1. The Balaban J connectivity index is 1.86. The molecule has 2 N–H and O–H groups in total. The maximum Gasteiger partial charge on any atom is 0.144 e. The molecule has 200 valence electrons. The van der Waals surface area contributed by atoms with Crippen molar-refractivity contribution in [3.05, 3.63) is 160 Å². The first-order valence-electron chi connectivity index (χ1n) is 12.4. The third kappa shape index (κ3) is 6.54. The van der Waals surface area contributed by atoms with Gasteiger partial charge in [-0.25, -0.2) is 0 Å². The van der Waals surface area contributed by atoms with Crippen molar-refractivity contribution >= 4 is 57.4 Å². The van der Waals surface area contributed by atoms with E-state index >= 15 is 0 Å². The van der Waals surface area contributed by atoms with Crippen LogP contribution in [0.25, 0.3) is 11.5 Å². The van der Waals surface area contributed by atoms with Crippen molar-refractivity contribution in [3.63, 3.8) is 0 Å². The van der Waals surface area contributed by atoms with Gasteiger partial charge in [-0.1, -0.05) is 108 Å². The summed E-state index contributed by atoms with van der Waals surface area (Å²) in [5, 5.41) is 23.9.